The number of amides is 1. The molecule has 1 aromatic heterocycles. The van der Waals surface area contributed by atoms with E-state index in [0.717, 1.165) is 18.1 Å². The zero-order valence-corrected chi connectivity index (χ0v) is 9.80. The van der Waals surface area contributed by atoms with Crippen LogP contribution in [0.2, 0.25) is 0 Å². The molecule has 1 fully saturated rings. The first-order chi connectivity index (χ1) is 8.15. The van der Waals surface area contributed by atoms with Gasteiger partial charge in [0, 0.05) is 19.3 Å². The van der Waals surface area contributed by atoms with Crippen LogP contribution in [0.25, 0.3) is 0 Å². The summed E-state index contributed by atoms with van der Waals surface area (Å²) in [7, 11) is 0. The molecule has 17 heavy (non-hydrogen) atoms. The van der Waals surface area contributed by atoms with Gasteiger partial charge in [0.2, 0.25) is 5.91 Å². The van der Waals surface area contributed by atoms with Gasteiger partial charge < -0.3 is 10.5 Å². The third-order valence-electron chi connectivity index (χ3n) is 2.66. The van der Waals surface area contributed by atoms with E-state index in [2.05, 4.69) is 9.97 Å². The maximum absolute atomic E-state index is 10.9. The maximum Gasteiger partial charge on any atom is 0.231 e. The first kappa shape index (κ1) is 11.9. The van der Waals surface area contributed by atoms with Crippen LogP contribution < -0.4 is 5.73 Å². The average molecular weight is 236 g/mol. The van der Waals surface area contributed by atoms with Gasteiger partial charge >= 0.3 is 0 Å². The standard InChI is InChI=1S/C11H16N4O2/c1-8-13-3-2-9(14-8)10-6-15(4-5-17-10)7-11(12)16/h2-3,10H,4-7H2,1H3,(H2,12,16)/t10-/m0/s1. The fourth-order valence-corrected chi connectivity index (χ4v) is 1.90. The lowest BCUT2D eigenvalue weighted by molar-refractivity contribution is -0.121. The summed E-state index contributed by atoms with van der Waals surface area (Å²) in [6, 6.07) is 1.84. The first-order valence-electron chi connectivity index (χ1n) is 5.57. The molecule has 0 spiro atoms. The van der Waals surface area contributed by atoms with E-state index in [1.165, 1.54) is 0 Å². The van der Waals surface area contributed by atoms with Crippen molar-refractivity contribution >= 4 is 5.91 Å². The Balaban J connectivity index is 2.04. The van der Waals surface area contributed by atoms with Crippen LogP contribution in [-0.2, 0) is 9.53 Å². The molecule has 2 N–H and O–H groups in total. The number of carbonyl (C=O) groups is 1. The van der Waals surface area contributed by atoms with Gasteiger partial charge in [0.15, 0.2) is 0 Å². The molecule has 0 bridgehead atoms. The minimum Gasteiger partial charge on any atom is -0.369 e. The Morgan fingerprint density at radius 1 is 1.71 bits per heavy atom. The number of nitrogens with zero attached hydrogens (tertiary/aromatic N) is 3. The van der Waals surface area contributed by atoms with Gasteiger partial charge in [-0.1, -0.05) is 0 Å². The number of aromatic nitrogens is 2. The van der Waals surface area contributed by atoms with E-state index in [9.17, 15) is 4.79 Å². The molecule has 1 saturated heterocycles. The van der Waals surface area contributed by atoms with Gasteiger partial charge in [0.05, 0.1) is 18.8 Å². The summed E-state index contributed by atoms with van der Waals surface area (Å²) in [6.07, 6.45) is 1.61. The van der Waals surface area contributed by atoms with Gasteiger partial charge in [-0.3, -0.25) is 9.69 Å². The van der Waals surface area contributed by atoms with Gasteiger partial charge in [-0.15, -0.1) is 0 Å². The number of ether oxygens (including phenoxy) is 1. The minimum absolute atomic E-state index is 0.107. The normalized spacial score (nSPS) is 21.4. The van der Waals surface area contributed by atoms with Crippen LogP contribution in [0.15, 0.2) is 12.3 Å². The Kier molecular flexibility index (Phi) is 3.65. The summed E-state index contributed by atoms with van der Waals surface area (Å²) < 4.78 is 5.65. The molecule has 6 nitrogen and oxygen atoms in total. The van der Waals surface area contributed by atoms with Crippen LogP contribution in [0, 0.1) is 6.92 Å². The topological polar surface area (TPSA) is 81.3 Å². The summed E-state index contributed by atoms with van der Waals surface area (Å²) in [4.78, 5) is 21.2. The molecule has 1 atom stereocenters. The molecule has 92 valence electrons. The zero-order chi connectivity index (χ0) is 12.3. The van der Waals surface area contributed by atoms with E-state index in [1.807, 2.05) is 17.9 Å². The molecule has 1 aromatic rings. The van der Waals surface area contributed by atoms with Crippen LogP contribution in [0.4, 0.5) is 0 Å². The van der Waals surface area contributed by atoms with Crippen molar-refractivity contribution in [3.8, 4) is 0 Å². The molecule has 2 heterocycles. The number of nitrogens with two attached hydrogens (primary N) is 1. The first-order valence-corrected chi connectivity index (χ1v) is 5.57. The van der Waals surface area contributed by atoms with E-state index in [1.54, 1.807) is 6.20 Å². The number of hydrogen-bond donors (Lipinski definition) is 1. The second-order valence-electron chi connectivity index (χ2n) is 4.09. The molecule has 0 unspecified atom stereocenters. The molecule has 0 saturated carbocycles. The number of aryl methyl sites for hydroxylation is 1. The second kappa shape index (κ2) is 5.20. The Morgan fingerprint density at radius 3 is 3.24 bits per heavy atom. The van der Waals surface area contributed by atoms with Crippen LogP contribution in [0.5, 0.6) is 0 Å². The van der Waals surface area contributed by atoms with E-state index in [0.29, 0.717) is 13.2 Å². The SMILES string of the molecule is Cc1nccc([C@@H]2CN(CC(N)=O)CCO2)n1. The molecular weight excluding hydrogens is 220 g/mol. The third kappa shape index (κ3) is 3.21. The van der Waals surface area contributed by atoms with Crippen molar-refractivity contribution < 1.29 is 9.53 Å². The predicted octanol–water partition coefficient (Wildman–Crippen LogP) is -0.356. The fraction of sp³-hybridized carbons (Fsp3) is 0.545. The van der Waals surface area contributed by atoms with E-state index < -0.39 is 0 Å². The van der Waals surface area contributed by atoms with Gasteiger partial charge in [-0.05, 0) is 13.0 Å². The summed E-state index contributed by atoms with van der Waals surface area (Å²) in [5, 5.41) is 0. The van der Waals surface area contributed by atoms with Gasteiger partial charge in [-0.2, -0.15) is 0 Å². The van der Waals surface area contributed by atoms with Crippen molar-refractivity contribution in [3.05, 3.63) is 23.8 Å². The molecule has 0 aliphatic carbocycles. The lowest BCUT2D eigenvalue weighted by Crippen LogP contribution is -2.43. The van der Waals surface area contributed by atoms with Crippen molar-refractivity contribution in [2.75, 3.05) is 26.2 Å². The van der Waals surface area contributed by atoms with E-state index in [-0.39, 0.29) is 18.6 Å². The van der Waals surface area contributed by atoms with Crippen LogP contribution >= 0.6 is 0 Å². The fourth-order valence-electron chi connectivity index (χ4n) is 1.90. The quantitative estimate of drug-likeness (QED) is 0.775. The molecule has 0 radical (unpaired) electrons. The van der Waals surface area contributed by atoms with Gasteiger partial charge in [0.1, 0.15) is 11.9 Å². The number of rotatable bonds is 3. The smallest absolute Gasteiger partial charge is 0.231 e. The number of primary amides is 1. The lowest BCUT2D eigenvalue weighted by atomic mass is 10.2. The number of hydrogen-bond acceptors (Lipinski definition) is 5. The zero-order valence-electron chi connectivity index (χ0n) is 9.80. The largest absolute Gasteiger partial charge is 0.369 e. The monoisotopic (exact) mass is 236 g/mol. The third-order valence-corrected chi connectivity index (χ3v) is 2.66. The Morgan fingerprint density at radius 2 is 2.53 bits per heavy atom. The minimum atomic E-state index is -0.315. The maximum atomic E-state index is 10.9. The summed E-state index contributed by atoms with van der Waals surface area (Å²) in [6.45, 7) is 4.06. The molecule has 6 heteroatoms. The molecular formula is C11H16N4O2. The van der Waals surface area contributed by atoms with Gasteiger partial charge in [-0.25, -0.2) is 9.97 Å². The highest BCUT2D eigenvalue weighted by molar-refractivity contribution is 5.75. The molecule has 1 aliphatic heterocycles. The predicted molar refractivity (Wildman–Crippen MR) is 61.1 cm³/mol. The highest BCUT2D eigenvalue weighted by atomic mass is 16.5. The highest BCUT2D eigenvalue weighted by Gasteiger charge is 2.23. The number of carbonyl (C=O) groups excluding carboxylic acids is 1. The van der Waals surface area contributed by atoms with Crippen LogP contribution in [0.1, 0.15) is 17.6 Å². The molecule has 0 aromatic carbocycles. The Labute approximate surface area is 99.8 Å². The summed E-state index contributed by atoms with van der Waals surface area (Å²) >= 11 is 0. The lowest BCUT2D eigenvalue weighted by Gasteiger charge is -2.31. The van der Waals surface area contributed by atoms with Crippen molar-refractivity contribution in [2.24, 2.45) is 5.73 Å². The molecule has 2 rings (SSSR count). The van der Waals surface area contributed by atoms with E-state index >= 15 is 0 Å². The van der Waals surface area contributed by atoms with Crippen molar-refractivity contribution in [2.45, 2.75) is 13.0 Å². The van der Waals surface area contributed by atoms with Crippen molar-refractivity contribution in [1.82, 2.24) is 14.9 Å². The summed E-state index contributed by atoms with van der Waals surface area (Å²) in [5.74, 6) is 0.405. The van der Waals surface area contributed by atoms with Crippen molar-refractivity contribution in [3.63, 3.8) is 0 Å². The summed E-state index contributed by atoms with van der Waals surface area (Å²) in [5.41, 5.74) is 6.04. The van der Waals surface area contributed by atoms with Gasteiger partial charge in [0.25, 0.3) is 0 Å². The van der Waals surface area contributed by atoms with E-state index in [4.69, 9.17) is 10.5 Å². The average Bonchev–Trinajstić information content (AvgIpc) is 2.28. The number of morpholine rings is 1. The Hall–Kier alpha value is -1.53. The second-order valence-corrected chi connectivity index (χ2v) is 4.09. The van der Waals surface area contributed by atoms with Crippen LogP contribution in [-0.4, -0.2) is 47.0 Å². The Bertz CT molecular complexity index is 410. The molecule has 1 aliphatic rings. The molecule has 1 amide bonds. The highest BCUT2D eigenvalue weighted by Crippen LogP contribution is 2.19. The van der Waals surface area contributed by atoms with Crippen LogP contribution in [0.3, 0.4) is 0 Å². The van der Waals surface area contributed by atoms with Crippen molar-refractivity contribution in [1.29, 1.82) is 0 Å².